The van der Waals surface area contributed by atoms with Crippen LogP contribution in [-0.4, -0.2) is 37.1 Å². The van der Waals surface area contributed by atoms with Crippen LogP contribution >= 0.6 is 0 Å². The fraction of sp³-hybridized carbons (Fsp3) is 0.364. The molecule has 2 rings (SSSR count). The van der Waals surface area contributed by atoms with Crippen LogP contribution in [0.5, 0.6) is 0 Å². The predicted octanol–water partition coefficient (Wildman–Crippen LogP) is 0.959. The minimum atomic E-state index is 0.0855. The molecule has 0 unspecified atom stereocenters. The van der Waals surface area contributed by atoms with Crippen LogP contribution in [0.1, 0.15) is 10.4 Å². The van der Waals surface area contributed by atoms with Crippen LogP contribution in [0.4, 0.5) is 0 Å². The third kappa shape index (κ3) is 1.93. The zero-order valence-corrected chi connectivity index (χ0v) is 7.90. The lowest BCUT2D eigenvalue weighted by Gasteiger charge is -2.26. The van der Waals surface area contributed by atoms with Gasteiger partial charge in [0.05, 0.1) is 13.2 Å². The molecule has 0 atom stereocenters. The molecular formula is C11H12NO2. The minimum absolute atomic E-state index is 0.0855. The van der Waals surface area contributed by atoms with Gasteiger partial charge in [0.25, 0.3) is 5.91 Å². The van der Waals surface area contributed by atoms with E-state index in [4.69, 9.17) is 4.74 Å². The largest absolute Gasteiger partial charge is 0.378 e. The quantitative estimate of drug-likeness (QED) is 0.660. The van der Waals surface area contributed by atoms with Crippen molar-refractivity contribution in [1.82, 2.24) is 4.90 Å². The van der Waals surface area contributed by atoms with Gasteiger partial charge in [-0.1, -0.05) is 12.1 Å². The SMILES string of the molecule is O=C(c1cc[c]cc1)N1CCOCC1. The van der Waals surface area contributed by atoms with Gasteiger partial charge in [0, 0.05) is 18.7 Å². The van der Waals surface area contributed by atoms with E-state index in [0.717, 1.165) is 5.56 Å². The number of carbonyl (C=O) groups excluding carboxylic acids is 1. The molecule has 0 aliphatic carbocycles. The van der Waals surface area contributed by atoms with Crippen LogP contribution in [0.25, 0.3) is 0 Å². The van der Waals surface area contributed by atoms with E-state index in [1.807, 2.05) is 4.90 Å². The molecule has 1 fully saturated rings. The highest BCUT2D eigenvalue weighted by molar-refractivity contribution is 5.94. The summed E-state index contributed by atoms with van der Waals surface area (Å²) in [6.07, 6.45) is 0. The molecule has 14 heavy (non-hydrogen) atoms. The monoisotopic (exact) mass is 190 g/mol. The summed E-state index contributed by atoms with van der Waals surface area (Å²) in [5.41, 5.74) is 0.727. The van der Waals surface area contributed by atoms with Gasteiger partial charge in [0.1, 0.15) is 0 Å². The van der Waals surface area contributed by atoms with Crippen molar-refractivity contribution < 1.29 is 9.53 Å². The topological polar surface area (TPSA) is 29.5 Å². The maximum atomic E-state index is 11.9. The van der Waals surface area contributed by atoms with Gasteiger partial charge in [-0.15, -0.1) is 0 Å². The highest BCUT2D eigenvalue weighted by Crippen LogP contribution is 2.06. The first kappa shape index (κ1) is 9.21. The second kappa shape index (κ2) is 4.24. The van der Waals surface area contributed by atoms with E-state index in [0.29, 0.717) is 26.3 Å². The number of morpholine rings is 1. The van der Waals surface area contributed by atoms with Crippen molar-refractivity contribution in [2.45, 2.75) is 0 Å². The highest BCUT2D eigenvalue weighted by atomic mass is 16.5. The van der Waals surface area contributed by atoms with Crippen molar-refractivity contribution in [1.29, 1.82) is 0 Å². The third-order valence-corrected chi connectivity index (χ3v) is 2.26. The molecule has 1 saturated heterocycles. The van der Waals surface area contributed by atoms with Crippen molar-refractivity contribution in [3.63, 3.8) is 0 Å². The normalized spacial score (nSPS) is 16.7. The Hall–Kier alpha value is -1.35. The summed E-state index contributed by atoms with van der Waals surface area (Å²) in [5, 5.41) is 0. The molecular weight excluding hydrogens is 178 g/mol. The van der Waals surface area contributed by atoms with Gasteiger partial charge in [0.2, 0.25) is 0 Å². The van der Waals surface area contributed by atoms with E-state index in [1.54, 1.807) is 24.3 Å². The molecule has 1 radical (unpaired) electrons. The summed E-state index contributed by atoms with van der Waals surface area (Å²) in [6, 6.07) is 9.99. The Kier molecular flexibility index (Phi) is 2.79. The van der Waals surface area contributed by atoms with Gasteiger partial charge in [-0.05, 0) is 18.2 Å². The molecule has 1 aromatic rings. The maximum absolute atomic E-state index is 11.9. The molecule has 1 amide bonds. The van der Waals surface area contributed by atoms with E-state index < -0.39 is 0 Å². The molecule has 73 valence electrons. The van der Waals surface area contributed by atoms with Gasteiger partial charge in [-0.2, -0.15) is 0 Å². The lowest BCUT2D eigenvalue weighted by atomic mass is 10.2. The number of hydrogen-bond donors (Lipinski definition) is 0. The summed E-state index contributed by atoms with van der Waals surface area (Å²) < 4.78 is 5.19. The number of hydrogen-bond acceptors (Lipinski definition) is 2. The number of ether oxygens (including phenoxy) is 1. The summed E-state index contributed by atoms with van der Waals surface area (Å²) in [6.45, 7) is 2.67. The fourth-order valence-electron chi connectivity index (χ4n) is 1.48. The second-order valence-electron chi connectivity index (χ2n) is 3.19. The van der Waals surface area contributed by atoms with Crippen LogP contribution < -0.4 is 0 Å². The molecule has 0 spiro atoms. The van der Waals surface area contributed by atoms with Crippen LogP contribution in [0.15, 0.2) is 24.3 Å². The standard InChI is InChI=1S/C11H12NO2/c13-11(10-4-2-1-3-5-10)12-6-8-14-9-7-12/h2-5H,6-9H2. The second-order valence-corrected chi connectivity index (χ2v) is 3.19. The van der Waals surface area contributed by atoms with Gasteiger partial charge in [-0.3, -0.25) is 4.79 Å². The zero-order valence-electron chi connectivity index (χ0n) is 7.90. The van der Waals surface area contributed by atoms with Crippen LogP contribution in [-0.2, 0) is 4.74 Å². The predicted molar refractivity (Wildman–Crippen MR) is 52.0 cm³/mol. The fourth-order valence-corrected chi connectivity index (χ4v) is 1.48. The Balaban J connectivity index is 2.07. The molecule has 3 nitrogen and oxygen atoms in total. The molecule has 1 aromatic carbocycles. The van der Waals surface area contributed by atoms with E-state index in [9.17, 15) is 4.79 Å². The number of amides is 1. The van der Waals surface area contributed by atoms with Gasteiger partial charge in [0.15, 0.2) is 0 Å². The zero-order chi connectivity index (χ0) is 9.80. The highest BCUT2D eigenvalue weighted by Gasteiger charge is 2.17. The summed E-state index contributed by atoms with van der Waals surface area (Å²) in [7, 11) is 0. The summed E-state index contributed by atoms with van der Waals surface area (Å²) >= 11 is 0. The number of nitrogens with zero attached hydrogens (tertiary/aromatic N) is 1. The van der Waals surface area contributed by atoms with Gasteiger partial charge < -0.3 is 9.64 Å². The van der Waals surface area contributed by atoms with Crippen LogP contribution in [0.3, 0.4) is 0 Å². The van der Waals surface area contributed by atoms with E-state index in [1.165, 1.54) is 0 Å². The van der Waals surface area contributed by atoms with Crippen molar-refractivity contribution in [3.05, 3.63) is 35.9 Å². The van der Waals surface area contributed by atoms with Crippen molar-refractivity contribution in [3.8, 4) is 0 Å². The number of benzene rings is 1. The molecule has 1 aliphatic heterocycles. The smallest absolute Gasteiger partial charge is 0.254 e. The lowest BCUT2D eigenvalue weighted by Crippen LogP contribution is -2.40. The Morgan fingerprint density at radius 3 is 2.57 bits per heavy atom. The Labute approximate surface area is 83.3 Å². The summed E-state index contributed by atoms with van der Waals surface area (Å²) in [4.78, 5) is 13.7. The van der Waals surface area contributed by atoms with E-state index in [2.05, 4.69) is 6.07 Å². The minimum Gasteiger partial charge on any atom is -0.378 e. The Morgan fingerprint density at radius 2 is 1.93 bits per heavy atom. The molecule has 1 aliphatic rings. The van der Waals surface area contributed by atoms with E-state index >= 15 is 0 Å². The van der Waals surface area contributed by atoms with Crippen molar-refractivity contribution in [2.75, 3.05) is 26.3 Å². The summed E-state index contributed by atoms with van der Waals surface area (Å²) in [5.74, 6) is 0.0855. The lowest BCUT2D eigenvalue weighted by molar-refractivity contribution is 0.0303. The van der Waals surface area contributed by atoms with E-state index in [-0.39, 0.29) is 5.91 Å². The third-order valence-electron chi connectivity index (χ3n) is 2.26. The Morgan fingerprint density at radius 1 is 1.29 bits per heavy atom. The van der Waals surface area contributed by atoms with Crippen LogP contribution in [0, 0.1) is 6.07 Å². The van der Waals surface area contributed by atoms with Crippen molar-refractivity contribution in [2.24, 2.45) is 0 Å². The van der Waals surface area contributed by atoms with Crippen molar-refractivity contribution >= 4 is 5.91 Å². The molecule has 0 bridgehead atoms. The average Bonchev–Trinajstić information content (AvgIpc) is 2.30. The molecule has 3 heteroatoms. The first-order chi connectivity index (χ1) is 6.88. The maximum Gasteiger partial charge on any atom is 0.254 e. The Bertz CT molecular complexity index is 304. The first-order valence-corrected chi connectivity index (χ1v) is 4.71. The molecule has 0 saturated carbocycles. The van der Waals surface area contributed by atoms with Gasteiger partial charge >= 0.3 is 0 Å². The molecule has 0 aromatic heterocycles. The van der Waals surface area contributed by atoms with Gasteiger partial charge in [-0.25, -0.2) is 0 Å². The number of rotatable bonds is 1. The first-order valence-electron chi connectivity index (χ1n) is 4.71. The average molecular weight is 190 g/mol. The molecule has 1 heterocycles. The number of carbonyl (C=O) groups is 1. The molecule has 0 N–H and O–H groups in total. The van der Waals surface area contributed by atoms with Crippen LogP contribution in [0.2, 0.25) is 0 Å².